The topological polar surface area (TPSA) is 99.3 Å². The van der Waals surface area contributed by atoms with E-state index in [-0.39, 0.29) is 11.4 Å². The van der Waals surface area contributed by atoms with Crippen LogP contribution in [0.25, 0.3) is 0 Å². The van der Waals surface area contributed by atoms with Crippen molar-refractivity contribution in [3.63, 3.8) is 0 Å². The van der Waals surface area contributed by atoms with Gasteiger partial charge in [-0.1, -0.05) is 12.8 Å². The second-order valence-corrected chi connectivity index (χ2v) is 6.36. The molecule has 0 bridgehead atoms. The molecule has 0 aliphatic heterocycles. The van der Waals surface area contributed by atoms with Crippen molar-refractivity contribution >= 4 is 10.0 Å². The normalized spacial score (nSPS) is 18.9. The molecule has 1 heterocycles. The van der Waals surface area contributed by atoms with Crippen LogP contribution in [0.1, 0.15) is 25.7 Å². The maximum atomic E-state index is 11.9. The Kier molecular flexibility index (Phi) is 3.56. The van der Waals surface area contributed by atoms with Crippen LogP contribution in [-0.2, 0) is 10.0 Å². The van der Waals surface area contributed by atoms with Crippen LogP contribution in [-0.4, -0.2) is 30.7 Å². The van der Waals surface area contributed by atoms with E-state index in [2.05, 4.69) is 9.71 Å². The van der Waals surface area contributed by atoms with Crippen molar-refractivity contribution < 1.29 is 13.5 Å². The van der Waals surface area contributed by atoms with Crippen molar-refractivity contribution in [1.82, 2.24) is 9.71 Å². The highest BCUT2D eigenvalue weighted by Crippen LogP contribution is 2.28. The SMILES string of the molecule is O=c1cc[nH]cc1S(=O)(=O)NCC1(O)CCCC1. The van der Waals surface area contributed by atoms with Crippen molar-refractivity contribution in [1.29, 1.82) is 0 Å². The fourth-order valence-corrected chi connectivity index (χ4v) is 3.30. The summed E-state index contributed by atoms with van der Waals surface area (Å²) >= 11 is 0. The monoisotopic (exact) mass is 272 g/mol. The van der Waals surface area contributed by atoms with Gasteiger partial charge in [0.15, 0.2) is 0 Å². The molecule has 7 heteroatoms. The second-order valence-electron chi connectivity index (χ2n) is 4.63. The zero-order valence-electron chi connectivity index (χ0n) is 9.85. The van der Waals surface area contributed by atoms with E-state index in [4.69, 9.17) is 0 Å². The second kappa shape index (κ2) is 4.83. The van der Waals surface area contributed by atoms with Crippen molar-refractivity contribution in [3.05, 3.63) is 28.7 Å². The van der Waals surface area contributed by atoms with Gasteiger partial charge in [-0.25, -0.2) is 13.1 Å². The first-order valence-electron chi connectivity index (χ1n) is 5.82. The number of aromatic nitrogens is 1. The number of pyridine rings is 1. The Morgan fingerprint density at radius 2 is 2.06 bits per heavy atom. The number of H-pyrrole nitrogens is 1. The fourth-order valence-electron chi connectivity index (χ4n) is 2.13. The van der Waals surface area contributed by atoms with E-state index in [1.165, 1.54) is 6.20 Å². The number of aliphatic hydroxyl groups is 1. The first kappa shape index (κ1) is 13.3. The zero-order chi connectivity index (χ0) is 13.2. The van der Waals surface area contributed by atoms with Gasteiger partial charge in [-0.05, 0) is 12.8 Å². The highest BCUT2D eigenvalue weighted by molar-refractivity contribution is 7.89. The molecule has 1 aromatic rings. The fraction of sp³-hybridized carbons (Fsp3) is 0.545. The Morgan fingerprint density at radius 1 is 1.39 bits per heavy atom. The third-order valence-electron chi connectivity index (χ3n) is 3.20. The third-order valence-corrected chi connectivity index (χ3v) is 4.63. The summed E-state index contributed by atoms with van der Waals surface area (Å²) in [7, 11) is -3.87. The first-order chi connectivity index (χ1) is 8.43. The summed E-state index contributed by atoms with van der Waals surface area (Å²) < 4.78 is 26.1. The van der Waals surface area contributed by atoms with Crippen LogP contribution in [0, 0.1) is 0 Å². The standard InChI is InChI=1S/C11H16N2O4S/c14-9-3-6-12-7-10(9)18(16,17)13-8-11(15)4-1-2-5-11/h3,6-7,13,15H,1-2,4-5,8H2,(H,12,14). The van der Waals surface area contributed by atoms with Gasteiger partial charge in [0, 0.05) is 25.0 Å². The number of nitrogens with one attached hydrogen (secondary N) is 2. The van der Waals surface area contributed by atoms with Gasteiger partial charge >= 0.3 is 0 Å². The average molecular weight is 272 g/mol. The number of hydrogen-bond acceptors (Lipinski definition) is 4. The molecule has 0 unspecified atom stereocenters. The van der Waals surface area contributed by atoms with Crippen LogP contribution in [0.3, 0.4) is 0 Å². The van der Waals surface area contributed by atoms with Gasteiger partial charge in [-0.2, -0.15) is 0 Å². The molecule has 2 rings (SSSR count). The number of hydrogen-bond donors (Lipinski definition) is 3. The third kappa shape index (κ3) is 2.80. The predicted molar refractivity (Wildman–Crippen MR) is 65.7 cm³/mol. The van der Waals surface area contributed by atoms with Crippen LogP contribution in [0.15, 0.2) is 28.2 Å². The van der Waals surface area contributed by atoms with Gasteiger partial charge in [0.2, 0.25) is 15.5 Å². The number of aromatic amines is 1. The lowest BCUT2D eigenvalue weighted by Crippen LogP contribution is -2.41. The minimum absolute atomic E-state index is 0.0519. The Morgan fingerprint density at radius 3 is 2.67 bits per heavy atom. The van der Waals surface area contributed by atoms with Crippen LogP contribution in [0.2, 0.25) is 0 Å². The lowest BCUT2D eigenvalue weighted by molar-refractivity contribution is 0.0531. The molecule has 18 heavy (non-hydrogen) atoms. The molecule has 0 aromatic carbocycles. The number of sulfonamides is 1. The van der Waals surface area contributed by atoms with Gasteiger partial charge < -0.3 is 10.1 Å². The molecule has 0 saturated heterocycles. The Labute approximate surface area is 105 Å². The van der Waals surface area contributed by atoms with E-state index in [1.807, 2.05) is 0 Å². The lowest BCUT2D eigenvalue weighted by Gasteiger charge is -2.22. The molecule has 0 spiro atoms. The van der Waals surface area contributed by atoms with Crippen molar-refractivity contribution in [2.45, 2.75) is 36.2 Å². The van der Waals surface area contributed by atoms with E-state index in [1.54, 1.807) is 0 Å². The largest absolute Gasteiger partial charge is 0.389 e. The molecule has 1 aromatic heterocycles. The molecule has 1 aliphatic rings. The summed E-state index contributed by atoms with van der Waals surface area (Å²) in [6, 6.07) is 1.15. The van der Waals surface area contributed by atoms with Crippen molar-refractivity contribution in [3.8, 4) is 0 Å². The van der Waals surface area contributed by atoms with E-state index in [0.717, 1.165) is 25.1 Å². The van der Waals surface area contributed by atoms with Crippen LogP contribution >= 0.6 is 0 Å². The maximum Gasteiger partial charge on any atom is 0.246 e. The summed E-state index contributed by atoms with van der Waals surface area (Å²) in [6.45, 7) is -0.0519. The Bertz CT molecular complexity index is 573. The minimum atomic E-state index is -3.87. The molecule has 0 amide bonds. The smallest absolute Gasteiger partial charge is 0.246 e. The summed E-state index contributed by atoms with van der Waals surface area (Å²) in [5.74, 6) is 0. The molecule has 6 nitrogen and oxygen atoms in total. The van der Waals surface area contributed by atoms with Crippen LogP contribution < -0.4 is 10.2 Å². The average Bonchev–Trinajstić information content (AvgIpc) is 2.75. The molecule has 3 N–H and O–H groups in total. The van der Waals surface area contributed by atoms with Crippen LogP contribution in [0.5, 0.6) is 0 Å². The van der Waals surface area contributed by atoms with Crippen molar-refractivity contribution in [2.24, 2.45) is 0 Å². The van der Waals surface area contributed by atoms with Gasteiger partial charge in [0.25, 0.3) is 0 Å². The lowest BCUT2D eigenvalue weighted by atomic mass is 10.0. The number of rotatable bonds is 4. The summed E-state index contributed by atoms with van der Waals surface area (Å²) in [5.41, 5.74) is -1.55. The Balaban J connectivity index is 2.13. The molecular formula is C11H16N2O4S. The van der Waals surface area contributed by atoms with Crippen LogP contribution in [0.4, 0.5) is 0 Å². The van der Waals surface area contributed by atoms with E-state index in [0.29, 0.717) is 12.8 Å². The van der Waals surface area contributed by atoms with Gasteiger partial charge in [-0.3, -0.25) is 4.79 Å². The van der Waals surface area contributed by atoms with Crippen molar-refractivity contribution in [2.75, 3.05) is 6.54 Å². The van der Waals surface area contributed by atoms with Gasteiger partial charge in [0.05, 0.1) is 5.60 Å². The first-order valence-corrected chi connectivity index (χ1v) is 7.30. The van der Waals surface area contributed by atoms with E-state index >= 15 is 0 Å². The highest BCUT2D eigenvalue weighted by atomic mass is 32.2. The summed E-state index contributed by atoms with van der Waals surface area (Å²) in [5, 5.41) is 10.1. The summed E-state index contributed by atoms with van der Waals surface area (Å²) in [4.78, 5) is 13.7. The van der Waals surface area contributed by atoms with E-state index < -0.39 is 21.1 Å². The molecule has 0 radical (unpaired) electrons. The molecule has 1 fully saturated rings. The quantitative estimate of drug-likeness (QED) is 0.716. The summed E-state index contributed by atoms with van der Waals surface area (Å²) in [6.07, 6.45) is 5.46. The highest BCUT2D eigenvalue weighted by Gasteiger charge is 2.32. The maximum absolute atomic E-state index is 11.9. The molecular weight excluding hydrogens is 256 g/mol. The minimum Gasteiger partial charge on any atom is -0.389 e. The molecule has 100 valence electrons. The van der Waals surface area contributed by atoms with E-state index in [9.17, 15) is 18.3 Å². The molecule has 1 saturated carbocycles. The van der Waals surface area contributed by atoms with Gasteiger partial charge in [0.1, 0.15) is 4.90 Å². The zero-order valence-corrected chi connectivity index (χ0v) is 10.7. The Hall–Kier alpha value is -1.18. The van der Waals surface area contributed by atoms with Gasteiger partial charge in [-0.15, -0.1) is 0 Å². The predicted octanol–water partition coefficient (Wildman–Crippen LogP) is -0.0417. The molecule has 0 atom stereocenters. The molecule has 1 aliphatic carbocycles.